The minimum atomic E-state index is -0.458. The highest BCUT2D eigenvalue weighted by atomic mass is 16.4. The number of nitrogens with one attached hydrogen (secondary N) is 1. The van der Waals surface area contributed by atoms with Gasteiger partial charge in [-0.25, -0.2) is 9.79 Å². The van der Waals surface area contributed by atoms with E-state index in [0.717, 1.165) is 33.1 Å². The van der Waals surface area contributed by atoms with Crippen molar-refractivity contribution in [3.05, 3.63) is 76.1 Å². The van der Waals surface area contributed by atoms with Gasteiger partial charge in [0.2, 0.25) is 0 Å². The summed E-state index contributed by atoms with van der Waals surface area (Å²) in [6, 6.07) is 16.6. The van der Waals surface area contributed by atoms with Gasteiger partial charge in [0, 0.05) is 22.5 Å². The maximum Gasteiger partial charge on any atom is 0.336 e. The number of nitrogens with zero attached hydrogens (tertiary/aromatic N) is 1. The molecule has 1 aliphatic heterocycles. The molecule has 1 aromatic heterocycles. The van der Waals surface area contributed by atoms with E-state index in [1.807, 2.05) is 43.3 Å². The molecule has 0 radical (unpaired) electrons. The quantitative estimate of drug-likeness (QED) is 0.501. The molecule has 0 fully saturated rings. The highest BCUT2D eigenvalue weighted by Gasteiger charge is 2.22. The molecule has 3 aromatic carbocycles. The highest BCUT2D eigenvalue weighted by Crippen LogP contribution is 2.38. The minimum absolute atomic E-state index is 0.00376. The molecule has 0 saturated heterocycles. The topological polar surface area (TPSA) is 74.8 Å². The zero-order valence-corrected chi connectivity index (χ0v) is 13.9. The number of fused-ring (bicyclic) bond motifs is 1. The van der Waals surface area contributed by atoms with Gasteiger partial charge in [0.15, 0.2) is 5.58 Å². The van der Waals surface area contributed by atoms with Gasteiger partial charge in [-0.3, -0.25) is 0 Å². The lowest BCUT2D eigenvalue weighted by Crippen LogP contribution is -2.17. The maximum absolute atomic E-state index is 11.9. The molecule has 0 amide bonds. The second kappa shape index (κ2) is 5.20. The molecule has 4 aromatic rings. The van der Waals surface area contributed by atoms with Gasteiger partial charge in [-0.2, -0.15) is 0 Å². The summed E-state index contributed by atoms with van der Waals surface area (Å²) in [4.78, 5) is 16.6. The zero-order chi connectivity index (χ0) is 17.8. The predicted molar refractivity (Wildman–Crippen MR) is 103 cm³/mol. The van der Waals surface area contributed by atoms with E-state index in [4.69, 9.17) is 4.42 Å². The van der Waals surface area contributed by atoms with Crippen molar-refractivity contribution in [2.45, 2.75) is 6.92 Å². The largest absolute Gasteiger partial charge is 0.507 e. The van der Waals surface area contributed by atoms with Crippen LogP contribution in [0.25, 0.3) is 21.7 Å². The molecule has 126 valence electrons. The number of hydrogen-bond donors (Lipinski definition) is 2. The van der Waals surface area contributed by atoms with Crippen LogP contribution in [0.5, 0.6) is 5.75 Å². The van der Waals surface area contributed by atoms with Gasteiger partial charge in [0.25, 0.3) is 0 Å². The third-order valence-electron chi connectivity index (χ3n) is 4.70. The molecule has 0 atom stereocenters. The fourth-order valence-corrected chi connectivity index (χ4v) is 3.52. The number of anilines is 1. The van der Waals surface area contributed by atoms with Crippen LogP contribution in [-0.4, -0.2) is 10.9 Å². The van der Waals surface area contributed by atoms with Gasteiger partial charge >= 0.3 is 5.63 Å². The number of hydrogen-bond acceptors (Lipinski definition) is 5. The van der Waals surface area contributed by atoms with Crippen molar-refractivity contribution in [1.82, 2.24) is 0 Å². The Labute approximate surface area is 148 Å². The summed E-state index contributed by atoms with van der Waals surface area (Å²) < 4.78 is 5.43. The maximum atomic E-state index is 11.9. The smallest absolute Gasteiger partial charge is 0.336 e. The van der Waals surface area contributed by atoms with E-state index in [1.165, 1.54) is 6.07 Å². The molecule has 0 unspecified atom stereocenters. The molecule has 0 aliphatic carbocycles. The molecule has 2 N–H and O–H groups in total. The molecule has 5 rings (SSSR count). The third kappa shape index (κ3) is 2.04. The van der Waals surface area contributed by atoms with Crippen molar-refractivity contribution in [3.8, 4) is 5.75 Å². The van der Waals surface area contributed by atoms with E-state index in [2.05, 4.69) is 10.3 Å². The molecule has 0 saturated carbocycles. The predicted octanol–water partition coefficient (Wildman–Crippen LogP) is 4.46. The molecule has 2 heterocycles. The van der Waals surface area contributed by atoms with Crippen LogP contribution in [-0.2, 0) is 0 Å². The number of phenolic OH excluding ortho intramolecular Hbond substituents is 1. The molecule has 0 bridgehead atoms. The number of aryl methyl sites for hydroxylation is 1. The van der Waals surface area contributed by atoms with Crippen molar-refractivity contribution < 1.29 is 9.52 Å². The van der Waals surface area contributed by atoms with Crippen LogP contribution in [0.3, 0.4) is 0 Å². The van der Waals surface area contributed by atoms with E-state index >= 15 is 0 Å². The van der Waals surface area contributed by atoms with E-state index < -0.39 is 5.63 Å². The Hall–Kier alpha value is -3.60. The fourth-order valence-electron chi connectivity index (χ4n) is 3.52. The molecule has 1 aliphatic rings. The van der Waals surface area contributed by atoms with E-state index in [9.17, 15) is 9.90 Å². The third-order valence-corrected chi connectivity index (χ3v) is 4.70. The summed E-state index contributed by atoms with van der Waals surface area (Å²) >= 11 is 0. The number of aromatic hydroxyl groups is 1. The first-order valence-corrected chi connectivity index (χ1v) is 8.26. The Bertz CT molecular complexity index is 1300. The van der Waals surface area contributed by atoms with E-state index in [1.54, 1.807) is 12.1 Å². The van der Waals surface area contributed by atoms with E-state index in [0.29, 0.717) is 17.0 Å². The number of benzene rings is 3. The monoisotopic (exact) mass is 342 g/mol. The molecule has 26 heavy (non-hydrogen) atoms. The first kappa shape index (κ1) is 14.7. The average Bonchev–Trinajstić information content (AvgIpc) is 2.61. The van der Waals surface area contributed by atoms with Crippen LogP contribution in [0.2, 0.25) is 0 Å². The first-order valence-electron chi connectivity index (χ1n) is 8.26. The van der Waals surface area contributed by atoms with Crippen molar-refractivity contribution >= 4 is 39.0 Å². The van der Waals surface area contributed by atoms with Crippen molar-refractivity contribution in [3.63, 3.8) is 0 Å². The molecule has 5 nitrogen and oxygen atoms in total. The Morgan fingerprint density at radius 3 is 2.73 bits per heavy atom. The van der Waals surface area contributed by atoms with Crippen molar-refractivity contribution in [2.24, 2.45) is 4.99 Å². The van der Waals surface area contributed by atoms with Gasteiger partial charge in [-0.15, -0.1) is 0 Å². The van der Waals surface area contributed by atoms with Crippen LogP contribution < -0.4 is 10.9 Å². The van der Waals surface area contributed by atoms with Gasteiger partial charge in [0.1, 0.15) is 17.1 Å². The lowest BCUT2D eigenvalue weighted by Gasteiger charge is -2.20. The highest BCUT2D eigenvalue weighted by molar-refractivity contribution is 6.23. The van der Waals surface area contributed by atoms with Crippen LogP contribution in [0, 0.1) is 6.92 Å². The van der Waals surface area contributed by atoms with Crippen LogP contribution in [0.1, 0.15) is 11.1 Å². The number of aliphatic imine (C=N–C) groups is 1. The Morgan fingerprint density at radius 1 is 1.08 bits per heavy atom. The molecule has 0 spiro atoms. The molecular weight excluding hydrogens is 328 g/mol. The SMILES string of the molecule is Cc1cc(=O)oc2c(C3=Nc4cccc5cccc(c45)N3)c(O)ccc12. The lowest BCUT2D eigenvalue weighted by atomic mass is 10.0. The minimum Gasteiger partial charge on any atom is -0.507 e. The van der Waals surface area contributed by atoms with E-state index in [-0.39, 0.29) is 5.75 Å². The van der Waals surface area contributed by atoms with Gasteiger partial charge in [-0.05, 0) is 42.1 Å². The second-order valence-corrected chi connectivity index (χ2v) is 6.35. The normalized spacial score (nSPS) is 12.9. The Morgan fingerprint density at radius 2 is 1.88 bits per heavy atom. The Kier molecular flexibility index (Phi) is 2.94. The summed E-state index contributed by atoms with van der Waals surface area (Å²) in [5.74, 6) is 0.456. The summed E-state index contributed by atoms with van der Waals surface area (Å²) in [7, 11) is 0. The van der Waals surface area contributed by atoms with Crippen LogP contribution in [0.15, 0.2) is 68.8 Å². The fraction of sp³-hybridized carbons (Fsp3) is 0.0476. The number of phenols is 1. The van der Waals surface area contributed by atoms with Gasteiger partial charge in [0.05, 0.1) is 5.69 Å². The Balaban J connectivity index is 1.85. The summed E-state index contributed by atoms with van der Waals surface area (Å²) in [6.45, 7) is 1.84. The first-order chi connectivity index (χ1) is 12.6. The summed E-state index contributed by atoms with van der Waals surface area (Å²) in [6.07, 6.45) is 0. The average molecular weight is 342 g/mol. The van der Waals surface area contributed by atoms with Gasteiger partial charge < -0.3 is 14.8 Å². The molecular formula is C21H14N2O3. The van der Waals surface area contributed by atoms with Crippen molar-refractivity contribution in [2.75, 3.05) is 5.32 Å². The zero-order valence-electron chi connectivity index (χ0n) is 13.9. The number of amidine groups is 1. The van der Waals surface area contributed by atoms with Crippen LogP contribution >= 0.6 is 0 Å². The second-order valence-electron chi connectivity index (χ2n) is 6.35. The lowest BCUT2D eigenvalue weighted by molar-refractivity contribution is 0.471. The van der Waals surface area contributed by atoms with Gasteiger partial charge in [-0.1, -0.05) is 24.3 Å². The molecule has 5 heteroatoms. The van der Waals surface area contributed by atoms with Crippen molar-refractivity contribution in [1.29, 1.82) is 0 Å². The standard InChI is InChI=1S/C21H14N2O3/c1-11-10-17(25)26-20-13(11)8-9-16(24)19(20)21-22-14-6-2-4-12-5-3-7-15(23-21)18(12)14/h2-10,24H,1H3,(H,22,23). The summed E-state index contributed by atoms with van der Waals surface area (Å²) in [5.41, 5.74) is 2.74. The van der Waals surface area contributed by atoms with Crippen LogP contribution in [0.4, 0.5) is 11.4 Å². The number of rotatable bonds is 1. The summed E-state index contributed by atoms with van der Waals surface area (Å²) in [5, 5.41) is 16.6.